The summed E-state index contributed by atoms with van der Waals surface area (Å²) < 4.78 is 27.3. The normalized spacial score (nSPS) is 24.2. The van der Waals surface area contributed by atoms with Crippen molar-refractivity contribution in [1.82, 2.24) is 15.2 Å². The number of esters is 2. The average molecular weight is 801 g/mol. The number of hydrogen-bond donors (Lipinski definition) is 3. The summed E-state index contributed by atoms with van der Waals surface area (Å²) in [6, 6.07) is 7.45. The van der Waals surface area contributed by atoms with Gasteiger partial charge < -0.3 is 44.5 Å². The Bertz CT molecular complexity index is 1410. The van der Waals surface area contributed by atoms with Crippen LogP contribution in [0.25, 0.3) is 11.0 Å². The maximum atomic E-state index is 12.2. The van der Waals surface area contributed by atoms with Crippen LogP contribution in [0.2, 0.25) is 0 Å². The van der Waals surface area contributed by atoms with Crippen molar-refractivity contribution in [2.45, 2.75) is 148 Å². The van der Waals surface area contributed by atoms with Gasteiger partial charge in [-0.25, -0.2) is 4.79 Å². The summed E-state index contributed by atoms with van der Waals surface area (Å²) in [4.78, 5) is 42.1. The molecule has 6 atom stereocenters. The first kappa shape index (κ1) is 48.2. The molecule has 0 radical (unpaired) electrons. The van der Waals surface area contributed by atoms with Crippen LogP contribution < -0.4 is 10.6 Å². The second-order valence-corrected chi connectivity index (χ2v) is 16.3. The first-order chi connectivity index (χ1) is 25.5. The molecule has 3 aliphatic rings. The number of nitrogens with zero attached hydrogens (tertiary/aromatic N) is 3. The standard InChI is InChI=1S/C19H25N3O5.C13H24O4.C7H15NO2.ClH/c1-19(2,3)26-17(23)10-13-8-9-14(25-12-13)11-18(24)27-22-16-7-5-4-6-15(16)20-21-22;1-13(2,3)17-12(15)8-10-4-5-11(6-7-14)16-9-10;8-6-1-2-7(3-4-9)10-5-6;/h4-7,13-14H,8-12H2,1-3H3;10-11,14H,4-9H2,1-3H3;6-7,9H,1-5,8H2;1H/t13-,14-;10-,11-;6-,7+;/m001./s1. The number of nitrogens with two attached hydrogens (primary N) is 1. The van der Waals surface area contributed by atoms with Crippen LogP contribution in [0.4, 0.5) is 0 Å². The monoisotopic (exact) mass is 800 g/mol. The van der Waals surface area contributed by atoms with Gasteiger partial charge in [0.15, 0.2) is 0 Å². The molecule has 2 aromatic rings. The summed E-state index contributed by atoms with van der Waals surface area (Å²) in [6.07, 6.45) is 7.98. The number of carbonyl (C=O) groups excluding carboxylic acids is 3. The summed E-state index contributed by atoms with van der Waals surface area (Å²) >= 11 is 0. The number of rotatable bonds is 11. The summed E-state index contributed by atoms with van der Waals surface area (Å²) in [6.45, 7) is 13.3. The smallest absolute Gasteiger partial charge is 0.337 e. The van der Waals surface area contributed by atoms with E-state index in [1.165, 1.54) is 0 Å². The summed E-state index contributed by atoms with van der Waals surface area (Å²) in [5, 5.41) is 25.2. The van der Waals surface area contributed by atoms with Crippen LogP contribution >= 0.6 is 12.4 Å². The largest absolute Gasteiger partial charge is 0.460 e. The first-order valence-electron chi connectivity index (χ1n) is 19.3. The quantitative estimate of drug-likeness (QED) is 0.212. The van der Waals surface area contributed by atoms with Gasteiger partial charge >= 0.3 is 17.9 Å². The lowest BCUT2D eigenvalue weighted by molar-refractivity contribution is -0.159. The number of aliphatic hydroxyl groups is 2. The highest BCUT2D eigenvalue weighted by Gasteiger charge is 2.29. The molecule has 4 N–H and O–H groups in total. The second-order valence-electron chi connectivity index (χ2n) is 16.3. The molecule has 0 spiro atoms. The van der Waals surface area contributed by atoms with E-state index in [2.05, 4.69) is 10.3 Å². The van der Waals surface area contributed by atoms with E-state index in [4.69, 9.17) is 44.5 Å². The number of ether oxygens (including phenoxy) is 5. The van der Waals surface area contributed by atoms with Gasteiger partial charge in [-0.15, -0.1) is 17.5 Å². The van der Waals surface area contributed by atoms with E-state index in [-0.39, 0.29) is 80.2 Å². The fourth-order valence-corrected chi connectivity index (χ4v) is 6.25. The Morgan fingerprint density at radius 3 is 1.67 bits per heavy atom. The summed E-state index contributed by atoms with van der Waals surface area (Å²) in [5.41, 5.74) is 6.00. The number of benzene rings is 1. The maximum absolute atomic E-state index is 12.2. The number of carbonyl (C=O) groups is 3. The van der Waals surface area contributed by atoms with E-state index in [1.807, 2.05) is 53.7 Å². The molecule has 1 aromatic carbocycles. The SMILES string of the molecule is CC(C)(C)OC(=O)C[C@@H]1CC[C@@H](CC(=O)On2nnc3ccccc32)OC1.CC(C)(C)OC(=O)C[C@@H]1CC[C@@H](CCO)OC1.Cl.N[C@@H]1CC[C@@H](CCO)OC1. The minimum absolute atomic E-state index is 0. The summed E-state index contributed by atoms with van der Waals surface area (Å²) in [5.74, 6) is -0.411. The van der Waals surface area contributed by atoms with Gasteiger partial charge in [0.05, 0.1) is 57.4 Å². The van der Waals surface area contributed by atoms with Crippen molar-refractivity contribution in [2.24, 2.45) is 17.6 Å². The van der Waals surface area contributed by atoms with Crippen LogP contribution in [0.5, 0.6) is 0 Å². The Morgan fingerprint density at radius 1 is 0.727 bits per heavy atom. The van der Waals surface area contributed by atoms with Gasteiger partial charge in [0.1, 0.15) is 22.2 Å². The van der Waals surface area contributed by atoms with Crippen molar-refractivity contribution in [1.29, 1.82) is 0 Å². The van der Waals surface area contributed by atoms with Crippen LogP contribution in [-0.2, 0) is 38.1 Å². The molecule has 15 nitrogen and oxygen atoms in total. The molecule has 1 aromatic heterocycles. The van der Waals surface area contributed by atoms with Crippen LogP contribution in [0.15, 0.2) is 24.3 Å². The molecule has 16 heteroatoms. The van der Waals surface area contributed by atoms with Crippen molar-refractivity contribution < 1.29 is 53.1 Å². The van der Waals surface area contributed by atoms with E-state index < -0.39 is 17.2 Å². The maximum Gasteiger partial charge on any atom is 0.337 e. The van der Waals surface area contributed by atoms with Gasteiger partial charge in [-0.1, -0.05) is 17.0 Å². The molecule has 55 heavy (non-hydrogen) atoms. The Balaban J connectivity index is 0.000000318. The first-order valence-corrected chi connectivity index (χ1v) is 19.3. The summed E-state index contributed by atoms with van der Waals surface area (Å²) in [7, 11) is 0. The second kappa shape index (κ2) is 24.0. The molecule has 0 aliphatic carbocycles. The van der Waals surface area contributed by atoms with E-state index in [9.17, 15) is 14.4 Å². The Labute approximate surface area is 331 Å². The Kier molecular flexibility index (Phi) is 21.0. The highest BCUT2D eigenvalue weighted by Crippen LogP contribution is 2.26. The van der Waals surface area contributed by atoms with Crippen LogP contribution in [0.1, 0.15) is 112 Å². The van der Waals surface area contributed by atoms with E-state index in [0.717, 1.165) is 43.4 Å². The van der Waals surface area contributed by atoms with Crippen molar-refractivity contribution >= 4 is 41.3 Å². The van der Waals surface area contributed by atoms with Crippen molar-refractivity contribution in [3.05, 3.63) is 24.3 Å². The van der Waals surface area contributed by atoms with Crippen molar-refractivity contribution in [3.8, 4) is 0 Å². The third-order valence-corrected chi connectivity index (χ3v) is 8.89. The molecular formula is C39H65ClN4O11. The van der Waals surface area contributed by atoms with Crippen LogP contribution in [-0.4, -0.2) is 112 Å². The predicted octanol–water partition coefficient (Wildman–Crippen LogP) is 4.50. The van der Waals surface area contributed by atoms with Gasteiger partial charge in [0.25, 0.3) is 0 Å². The van der Waals surface area contributed by atoms with Gasteiger partial charge in [-0.3, -0.25) is 9.59 Å². The molecule has 0 saturated carbocycles. The predicted molar refractivity (Wildman–Crippen MR) is 207 cm³/mol. The zero-order chi connectivity index (χ0) is 39.7. The zero-order valence-electron chi connectivity index (χ0n) is 33.5. The lowest BCUT2D eigenvalue weighted by Crippen LogP contribution is -2.35. The molecule has 3 aliphatic heterocycles. The minimum Gasteiger partial charge on any atom is -0.460 e. The number of hydrogen-bond acceptors (Lipinski definition) is 14. The van der Waals surface area contributed by atoms with Gasteiger partial charge in [0.2, 0.25) is 0 Å². The van der Waals surface area contributed by atoms with Gasteiger partial charge in [0, 0.05) is 19.3 Å². The van der Waals surface area contributed by atoms with E-state index >= 15 is 0 Å². The van der Waals surface area contributed by atoms with Crippen LogP contribution in [0.3, 0.4) is 0 Å². The van der Waals surface area contributed by atoms with Crippen LogP contribution in [0, 0.1) is 11.8 Å². The third-order valence-electron chi connectivity index (χ3n) is 8.89. The molecular weight excluding hydrogens is 736 g/mol. The number of aliphatic hydroxyl groups excluding tert-OH is 2. The lowest BCUT2D eigenvalue weighted by atomic mass is 9.94. The number of fused-ring (bicyclic) bond motifs is 1. The molecule has 4 heterocycles. The molecule has 3 fully saturated rings. The van der Waals surface area contributed by atoms with E-state index in [0.29, 0.717) is 56.5 Å². The number of aromatic nitrogens is 3. The van der Waals surface area contributed by atoms with Gasteiger partial charge in [-0.2, -0.15) is 0 Å². The highest BCUT2D eigenvalue weighted by molar-refractivity contribution is 5.85. The minimum atomic E-state index is -0.482. The Morgan fingerprint density at radius 2 is 1.22 bits per heavy atom. The average Bonchev–Trinajstić information content (AvgIpc) is 3.49. The zero-order valence-corrected chi connectivity index (χ0v) is 34.3. The van der Waals surface area contributed by atoms with Crippen molar-refractivity contribution in [3.63, 3.8) is 0 Å². The molecule has 3 saturated heterocycles. The van der Waals surface area contributed by atoms with Gasteiger partial charge in [-0.05, 0) is 122 Å². The molecule has 314 valence electrons. The molecule has 0 bridgehead atoms. The Hall–Kier alpha value is -2.92. The highest BCUT2D eigenvalue weighted by atomic mass is 35.5. The fraction of sp³-hybridized carbons (Fsp3) is 0.769. The fourth-order valence-electron chi connectivity index (χ4n) is 6.25. The van der Waals surface area contributed by atoms with Crippen molar-refractivity contribution in [2.75, 3.05) is 33.0 Å². The third kappa shape index (κ3) is 19.7. The molecule has 0 unspecified atom stereocenters. The molecule has 5 rings (SSSR count). The lowest BCUT2D eigenvalue weighted by Gasteiger charge is -2.29. The number of halogens is 1. The number of para-hydroxylation sites is 1. The topological polar surface area (TPSA) is 204 Å². The van der Waals surface area contributed by atoms with E-state index in [1.54, 1.807) is 12.1 Å². The molecule has 0 amide bonds.